The van der Waals surface area contributed by atoms with E-state index in [9.17, 15) is 21.6 Å². The Morgan fingerprint density at radius 3 is 2.31 bits per heavy atom. The van der Waals surface area contributed by atoms with Crippen molar-refractivity contribution in [3.05, 3.63) is 42.5 Å². The van der Waals surface area contributed by atoms with Gasteiger partial charge in [0.15, 0.2) is 0 Å². The molecule has 1 heterocycles. The second-order valence-electron chi connectivity index (χ2n) is 6.32. The van der Waals surface area contributed by atoms with Crippen molar-refractivity contribution in [2.45, 2.75) is 26.8 Å². The summed E-state index contributed by atoms with van der Waals surface area (Å²) in [6, 6.07) is 10.6. The minimum atomic E-state index is -4.78. The van der Waals surface area contributed by atoms with Crippen molar-refractivity contribution in [1.29, 1.82) is 0 Å². The van der Waals surface area contributed by atoms with Gasteiger partial charge in [-0.1, -0.05) is 12.1 Å². The van der Waals surface area contributed by atoms with Gasteiger partial charge in [-0.2, -0.15) is 0 Å². The molecule has 0 aliphatic carbocycles. The maximum Gasteiger partial charge on any atom is 0.573 e. The highest BCUT2D eigenvalue weighted by molar-refractivity contribution is 7.92. The Labute approximate surface area is 166 Å². The molecule has 0 aliphatic rings. The van der Waals surface area contributed by atoms with Gasteiger partial charge in [-0.15, -0.1) is 13.2 Å². The second-order valence-corrected chi connectivity index (χ2v) is 8.33. The van der Waals surface area contributed by atoms with Crippen LogP contribution in [0.5, 0.6) is 5.75 Å². The fourth-order valence-electron chi connectivity index (χ4n) is 3.14. The molecule has 29 heavy (non-hydrogen) atoms. The van der Waals surface area contributed by atoms with Gasteiger partial charge >= 0.3 is 6.36 Å². The summed E-state index contributed by atoms with van der Waals surface area (Å²) in [5.74, 6) is -0.373. The standard InChI is InChI=1S/C19H20F3N3O3S/c1-3-25-16-11-14(28-19(20,21)22)9-10-15(16)17(23)18(25)12-5-7-13(8-6-12)24-29(26,27)4-2/h5-11,24H,3-4,23H2,1-2H3. The van der Waals surface area contributed by atoms with Crippen molar-refractivity contribution < 1.29 is 26.3 Å². The lowest BCUT2D eigenvalue weighted by atomic mass is 10.1. The zero-order valence-electron chi connectivity index (χ0n) is 15.7. The molecule has 10 heteroatoms. The third-order valence-electron chi connectivity index (χ3n) is 4.44. The Morgan fingerprint density at radius 2 is 1.76 bits per heavy atom. The molecule has 6 nitrogen and oxygen atoms in total. The first-order chi connectivity index (χ1) is 13.5. The molecule has 0 spiro atoms. The fraction of sp³-hybridized carbons (Fsp3) is 0.263. The van der Waals surface area contributed by atoms with Crippen LogP contribution in [0.25, 0.3) is 22.2 Å². The molecule has 1 aromatic heterocycles. The van der Waals surface area contributed by atoms with Crippen LogP contribution in [0.3, 0.4) is 0 Å². The number of benzene rings is 2. The Morgan fingerprint density at radius 1 is 1.10 bits per heavy atom. The Bertz CT molecular complexity index is 1140. The number of hydrogen-bond donors (Lipinski definition) is 2. The maximum absolute atomic E-state index is 12.6. The molecule has 156 valence electrons. The van der Waals surface area contributed by atoms with Gasteiger partial charge in [0.2, 0.25) is 10.0 Å². The minimum Gasteiger partial charge on any atom is -0.406 e. The van der Waals surface area contributed by atoms with Crippen molar-refractivity contribution in [2.24, 2.45) is 0 Å². The molecule has 0 bridgehead atoms. The van der Waals surface area contributed by atoms with E-state index in [2.05, 4.69) is 9.46 Å². The molecule has 3 rings (SSSR count). The minimum absolute atomic E-state index is 0.0475. The number of nitrogens with zero attached hydrogens (tertiary/aromatic N) is 1. The number of ether oxygens (including phenoxy) is 1. The zero-order chi connectivity index (χ0) is 21.4. The third-order valence-corrected chi connectivity index (χ3v) is 5.74. The van der Waals surface area contributed by atoms with Crippen LogP contribution in [0.15, 0.2) is 42.5 Å². The van der Waals surface area contributed by atoms with Gasteiger partial charge in [0.05, 0.1) is 22.7 Å². The number of nitrogens with two attached hydrogens (primary N) is 1. The largest absolute Gasteiger partial charge is 0.573 e. The fourth-order valence-corrected chi connectivity index (χ4v) is 3.78. The Hall–Kier alpha value is -2.88. The summed E-state index contributed by atoms with van der Waals surface area (Å²) >= 11 is 0. The van der Waals surface area contributed by atoms with Gasteiger partial charge in [0.25, 0.3) is 0 Å². The van der Waals surface area contributed by atoms with Crippen molar-refractivity contribution in [1.82, 2.24) is 4.57 Å². The smallest absolute Gasteiger partial charge is 0.406 e. The Kier molecular flexibility index (Phi) is 5.40. The summed E-state index contributed by atoms with van der Waals surface area (Å²) in [6.45, 7) is 3.85. The van der Waals surface area contributed by atoms with Crippen molar-refractivity contribution in [3.8, 4) is 17.0 Å². The quantitative estimate of drug-likeness (QED) is 0.603. The molecule has 0 atom stereocenters. The van der Waals surface area contributed by atoms with E-state index in [0.29, 0.717) is 40.1 Å². The average molecular weight is 427 g/mol. The molecule has 0 radical (unpaired) electrons. The number of fused-ring (bicyclic) bond motifs is 1. The van der Waals surface area contributed by atoms with Crippen LogP contribution in [-0.4, -0.2) is 25.1 Å². The van der Waals surface area contributed by atoms with Crippen molar-refractivity contribution in [2.75, 3.05) is 16.2 Å². The number of nitrogens with one attached hydrogen (secondary N) is 1. The molecule has 0 saturated heterocycles. The van der Waals surface area contributed by atoms with Crippen LogP contribution >= 0.6 is 0 Å². The van der Waals surface area contributed by atoms with E-state index in [0.717, 1.165) is 0 Å². The summed E-state index contributed by atoms with van der Waals surface area (Å²) in [5.41, 5.74) is 8.97. The molecule has 3 N–H and O–H groups in total. The molecular formula is C19H20F3N3O3S. The van der Waals surface area contributed by atoms with Gasteiger partial charge in [-0.3, -0.25) is 4.72 Å². The maximum atomic E-state index is 12.6. The molecular weight excluding hydrogens is 407 g/mol. The van der Waals surface area contributed by atoms with E-state index in [1.165, 1.54) is 25.1 Å². The molecule has 0 unspecified atom stereocenters. The number of anilines is 2. The average Bonchev–Trinajstić information content (AvgIpc) is 2.92. The molecule has 3 aromatic rings. The van der Waals surface area contributed by atoms with Crippen LogP contribution in [0, 0.1) is 0 Å². The van der Waals surface area contributed by atoms with Crippen molar-refractivity contribution >= 4 is 32.3 Å². The summed E-state index contributed by atoms with van der Waals surface area (Å²) in [7, 11) is -3.40. The number of halogens is 3. The third kappa shape index (κ3) is 4.42. The highest BCUT2D eigenvalue weighted by atomic mass is 32.2. The summed E-state index contributed by atoms with van der Waals surface area (Å²) < 4.78 is 69.3. The number of aromatic nitrogens is 1. The molecule has 0 aliphatic heterocycles. The summed E-state index contributed by atoms with van der Waals surface area (Å²) in [4.78, 5) is 0. The zero-order valence-corrected chi connectivity index (χ0v) is 16.6. The first-order valence-corrected chi connectivity index (χ1v) is 10.5. The van der Waals surface area contributed by atoms with Gasteiger partial charge < -0.3 is 15.0 Å². The lowest BCUT2D eigenvalue weighted by Crippen LogP contribution is -2.17. The van der Waals surface area contributed by atoms with Gasteiger partial charge in [-0.25, -0.2) is 8.42 Å². The summed E-state index contributed by atoms with van der Waals surface area (Å²) in [5, 5.41) is 0.604. The van der Waals surface area contributed by atoms with Gasteiger partial charge in [-0.05, 0) is 38.1 Å². The number of rotatable bonds is 6. The molecule has 0 amide bonds. The number of aryl methyl sites for hydroxylation is 1. The van der Waals surface area contributed by atoms with E-state index in [4.69, 9.17) is 5.73 Å². The number of nitrogen functional groups attached to an aromatic ring is 1. The lowest BCUT2D eigenvalue weighted by molar-refractivity contribution is -0.274. The van der Waals surface area contributed by atoms with Crippen LogP contribution in [0.4, 0.5) is 24.5 Å². The molecule has 0 fully saturated rings. The molecule has 0 saturated carbocycles. The van der Waals surface area contributed by atoms with E-state index >= 15 is 0 Å². The van der Waals surface area contributed by atoms with E-state index in [1.807, 2.05) is 6.92 Å². The second kappa shape index (κ2) is 7.51. The predicted octanol–water partition coefficient (Wildman–Crippen LogP) is 4.57. The number of sulfonamides is 1. The van der Waals surface area contributed by atoms with Crippen molar-refractivity contribution in [3.63, 3.8) is 0 Å². The van der Waals surface area contributed by atoms with E-state index in [1.54, 1.807) is 28.8 Å². The predicted molar refractivity (Wildman–Crippen MR) is 107 cm³/mol. The highest BCUT2D eigenvalue weighted by Crippen LogP contribution is 2.38. The van der Waals surface area contributed by atoms with E-state index in [-0.39, 0.29) is 11.5 Å². The number of alkyl halides is 3. The van der Waals surface area contributed by atoms with Crippen LogP contribution in [0.1, 0.15) is 13.8 Å². The normalized spacial score (nSPS) is 12.3. The number of hydrogen-bond acceptors (Lipinski definition) is 4. The highest BCUT2D eigenvalue weighted by Gasteiger charge is 2.31. The summed E-state index contributed by atoms with van der Waals surface area (Å²) in [6.07, 6.45) is -4.78. The Balaban J connectivity index is 2.06. The first kappa shape index (κ1) is 20.8. The first-order valence-electron chi connectivity index (χ1n) is 8.83. The SMILES string of the molecule is CCn1c(-c2ccc(NS(=O)(=O)CC)cc2)c(N)c2ccc(OC(F)(F)F)cc21. The lowest BCUT2D eigenvalue weighted by Gasteiger charge is -2.12. The van der Waals surface area contributed by atoms with Crippen LogP contribution < -0.4 is 15.2 Å². The monoisotopic (exact) mass is 427 g/mol. The van der Waals surface area contributed by atoms with E-state index < -0.39 is 16.4 Å². The van der Waals surface area contributed by atoms with Gasteiger partial charge in [0.1, 0.15) is 5.75 Å². The van der Waals surface area contributed by atoms with Crippen LogP contribution in [0.2, 0.25) is 0 Å². The molecule has 2 aromatic carbocycles. The van der Waals surface area contributed by atoms with Gasteiger partial charge in [0, 0.05) is 29.2 Å². The van der Waals surface area contributed by atoms with Crippen LogP contribution in [-0.2, 0) is 16.6 Å². The topological polar surface area (TPSA) is 86.4 Å².